The van der Waals surface area contributed by atoms with Gasteiger partial charge in [0, 0.05) is 24.8 Å². The zero-order valence-electron chi connectivity index (χ0n) is 21.5. The third kappa shape index (κ3) is 5.01. The second-order valence-electron chi connectivity index (χ2n) is 10.6. The van der Waals surface area contributed by atoms with Gasteiger partial charge in [-0.2, -0.15) is 5.10 Å². The minimum atomic E-state index is -1.04. The number of benzene rings is 1. The molecule has 3 heterocycles. The van der Waals surface area contributed by atoms with Crippen LogP contribution in [0.25, 0.3) is 11.3 Å². The highest BCUT2D eigenvalue weighted by Gasteiger charge is 2.49. The normalized spacial score (nSPS) is 25.2. The van der Waals surface area contributed by atoms with Gasteiger partial charge in [0.2, 0.25) is 5.91 Å². The Hall–Kier alpha value is -2.87. The van der Waals surface area contributed by atoms with Crippen molar-refractivity contribution in [1.29, 1.82) is 0 Å². The molecule has 194 valence electrons. The van der Waals surface area contributed by atoms with E-state index in [-0.39, 0.29) is 24.0 Å². The van der Waals surface area contributed by atoms with E-state index >= 15 is 0 Å². The second kappa shape index (κ2) is 10.6. The fraction of sp³-hybridized carbons (Fsp3) is 0.607. The molecule has 2 fully saturated rings. The Labute approximate surface area is 213 Å². The first-order chi connectivity index (χ1) is 17.5. The number of hydrogen-bond donors (Lipinski definition) is 1. The van der Waals surface area contributed by atoms with Crippen LogP contribution < -0.4 is 10.1 Å². The Kier molecular flexibility index (Phi) is 7.32. The van der Waals surface area contributed by atoms with Gasteiger partial charge in [0.25, 0.3) is 5.91 Å². The third-order valence-corrected chi connectivity index (χ3v) is 8.02. The molecule has 0 unspecified atom stereocenters. The summed E-state index contributed by atoms with van der Waals surface area (Å²) in [6, 6.07) is 9.62. The molecule has 3 aliphatic rings. The Morgan fingerprint density at radius 1 is 1.11 bits per heavy atom. The van der Waals surface area contributed by atoms with E-state index in [1.54, 1.807) is 16.7 Å². The summed E-state index contributed by atoms with van der Waals surface area (Å²) in [5.74, 6) is 0.505. The molecule has 36 heavy (non-hydrogen) atoms. The summed E-state index contributed by atoms with van der Waals surface area (Å²) < 4.78 is 12.9. The van der Waals surface area contributed by atoms with E-state index in [1.165, 1.54) is 19.3 Å². The Morgan fingerprint density at radius 3 is 2.50 bits per heavy atom. The van der Waals surface area contributed by atoms with E-state index in [0.29, 0.717) is 31.1 Å². The molecule has 1 aromatic carbocycles. The van der Waals surface area contributed by atoms with Crippen LogP contribution in [0.2, 0.25) is 0 Å². The highest BCUT2D eigenvalue weighted by Crippen LogP contribution is 2.32. The first kappa shape index (κ1) is 24.8. The molecule has 8 nitrogen and oxygen atoms in total. The van der Waals surface area contributed by atoms with Gasteiger partial charge in [-0.1, -0.05) is 32.1 Å². The highest BCUT2D eigenvalue weighted by molar-refractivity contribution is 6.00. The van der Waals surface area contributed by atoms with E-state index in [0.717, 1.165) is 49.8 Å². The molecule has 8 heteroatoms. The molecule has 1 saturated carbocycles. The van der Waals surface area contributed by atoms with Gasteiger partial charge in [-0.3, -0.25) is 14.3 Å². The van der Waals surface area contributed by atoms with Crippen LogP contribution in [0.3, 0.4) is 0 Å². The lowest BCUT2D eigenvalue weighted by atomic mass is 9.92. The number of nitrogens with one attached hydrogen (secondary N) is 1. The van der Waals surface area contributed by atoms with E-state index < -0.39 is 5.54 Å². The van der Waals surface area contributed by atoms with Crippen LogP contribution in [0.4, 0.5) is 0 Å². The van der Waals surface area contributed by atoms with Crippen molar-refractivity contribution in [3.8, 4) is 17.0 Å². The van der Waals surface area contributed by atoms with Gasteiger partial charge >= 0.3 is 0 Å². The lowest BCUT2D eigenvalue weighted by molar-refractivity contribution is -0.134. The van der Waals surface area contributed by atoms with Crippen molar-refractivity contribution in [1.82, 2.24) is 20.0 Å². The maximum absolute atomic E-state index is 13.9. The SMILES string of the molecule is COc1ccc(-c2cc3n(n2)C[C@@](C)(C(=O)NC2CCCCCCC2)N(C[C@H]2CCCO2)C3=O)cc1. The zero-order chi connectivity index (χ0) is 25.1. The van der Waals surface area contributed by atoms with Gasteiger partial charge in [-0.15, -0.1) is 0 Å². The van der Waals surface area contributed by atoms with Gasteiger partial charge in [0.1, 0.15) is 17.0 Å². The fourth-order valence-electron chi connectivity index (χ4n) is 5.76. The molecule has 2 aliphatic heterocycles. The molecule has 1 N–H and O–H groups in total. The number of carbonyl (C=O) groups excluding carboxylic acids is 2. The number of methoxy groups -OCH3 is 1. The van der Waals surface area contributed by atoms with Gasteiger partial charge in [-0.25, -0.2) is 0 Å². The molecule has 2 atom stereocenters. The van der Waals surface area contributed by atoms with Gasteiger partial charge in [0.05, 0.1) is 25.5 Å². The number of carbonyl (C=O) groups is 2. The number of ether oxygens (including phenoxy) is 2. The predicted molar refractivity (Wildman–Crippen MR) is 137 cm³/mol. The minimum Gasteiger partial charge on any atom is -0.497 e. The minimum absolute atomic E-state index is 0.0435. The first-order valence-corrected chi connectivity index (χ1v) is 13.4. The molecular weight excluding hydrogens is 456 g/mol. The highest BCUT2D eigenvalue weighted by atomic mass is 16.5. The molecule has 0 bridgehead atoms. The smallest absolute Gasteiger partial charge is 0.273 e. The number of hydrogen-bond acceptors (Lipinski definition) is 5. The summed E-state index contributed by atoms with van der Waals surface area (Å²) in [6.45, 7) is 3.32. The zero-order valence-corrected chi connectivity index (χ0v) is 21.5. The molecular formula is C28H38N4O4. The number of aromatic nitrogens is 2. The maximum atomic E-state index is 13.9. The number of amides is 2. The Morgan fingerprint density at radius 2 is 1.83 bits per heavy atom. The van der Waals surface area contributed by atoms with Crippen molar-refractivity contribution in [3.63, 3.8) is 0 Å². The average molecular weight is 495 g/mol. The fourth-order valence-corrected chi connectivity index (χ4v) is 5.76. The van der Waals surface area contributed by atoms with Crippen molar-refractivity contribution in [2.75, 3.05) is 20.3 Å². The molecule has 2 aromatic rings. The number of rotatable bonds is 6. The maximum Gasteiger partial charge on any atom is 0.273 e. The van der Waals surface area contributed by atoms with Crippen LogP contribution in [0.15, 0.2) is 30.3 Å². The molecule has 0 spiro atoms. The third-order valence-electron chi connectivity index (χ3n) is 8.02. The molecule has 1 aliphatic carbocycles. The van der Waals surface area contributed by atoms with E-state index in [2.05, 4.69) is 5.32 Å². The average Bonchev–Trinajstić information content (AvgIpc) is 3.53. The quantitative estimate of drug-likeness (QED) is 0.651. The van der Waals surface area contributed by atoms with E-state index in [9.17, 15) is 9.59 Å². The first-order valence-electron chi connectivity index (χ1n) is 13.4. The Bertz CT molecular complexity index is 1070. The second-order valence-corrected chi connectivity index (χ2v) is 10.6. The van der Waals surface area contributed by atoms with Crippen LogP contribution in [0.1, 0.15) is 75.2 Å². The molecule has 5 rings (SSSR count). The predicted octanol–water partition coefficient (Wildman–Crippen LogP) is 4.18. The summed E-state index contributed by atoms with van der Waals surface area (Å²) in [6.07, 6.45) is 9.82. The largest absolute Gasteiger partial charge is 0.497 e. The van der Waals surface area contributed by atoms with Crippen LogP contribution in [0, 0.1) is 0 Å². The van der Waals surface area contributed by atoms with Gasteiger partial charge in [0.15, 0.2) is 0 Å². The monoisotopic (exact) mass is 494 g/mol. The van der Waals surface area contributed by atoms with Crippen molar-refractivity contribution in [2.45, 2.75) is 88.9 Å². The topological polar surface area (TPSA) is 85.7 Å². The summed E-state index contributed by atoms with van der Waals surface area (Å²) in [5, 5.41) is 8.09. The van der Waals surface area contributed by atoms with Crippen molar-refractivity contribution in [3.05, 3.63) is 36.0 Å². The van der Waals surface area contributed by atoms with Crippen LogP contribution >= 0.6 is 0 Å². The van der Waals surface area contributed by atoms with Gasteiger partial charge < -0.3 is 19.7 Å². The van der Waals surface area contributed by atoms with E-state index in [4.69, 9.17) is 14.6 Å². The number of fused-ring (bicyclic) bond motifs is 1. The lowest BCUT2D eigenvalue weighted by Crippen LogP contribution is -2.66. The Balaban J connectivity index is 1.43. The molecule has 1 aromatic heterocycles. The summed E-state index contributed by atoms with van der Waals surface area (Å²) in [4.78, 5) is 29.5. The molecule has 0 radical (unpaired) electrons. The lowest BCUT2D eigenvalue weighted by Gasteiger charge is -2.44. The molecule has 2 amide bonds. The summed E-state index contributed by atoms with van der Waals surface area (Å²) >= 11 is 0. The van der Waals surface area contributed by atoms with Crippen molar-refractivity contribution in [2.24, 2.45) is 0 Å². The summed E-state index contributed by atoms with van der Waals surface area (Å²) in [5.41, 5.74) is 1.08. The number of nitrogens with zero attached hydrogens (tertiary/aromatic N) is 3. The summed E-state index contributed by atoms with van der Waals surface area (Å²) in [7, 11) is 1.63. The van der Waals surface area contributed by atoms with E-state index in [1.807, 2.05) is 37.3 Å². The van der Waals surface area contributed by atoms with Crippen LogP contribution in [0.5, 0.6) is 5.75 Å². The van der Waals surface area contributed by atoms with Gasteiger partial charge in [-0.05, 0) is 62.9 Å². The molecule has 1 saturated heterocycles. The van der Waals surface area contributed by atoms with Crippen LogP contribution in [-0.4, -0.2) is 64.4 Å². The van der Waals surface area contributed by atoms with Crippen molar-refractivity contribution >= 4 is 11.8 Å². The van der Waals surface area contributed by atoms with Crippen LogP contribution in [-0.2, 0) is 16.1 Å². The standard InChI is InChI=1S/C28H38N4O4/c1-28(27(34)29-21-9-6-4-3-5-7-10-21)19-32-25(26(33)31(28)18-23-11-8-16-36-23)17-24(30-32)20-12-14-22(35-2)15-13-20/h12-15,17,21,23H,3-11,16,18-19H2,1-2H3,(H,29,34)/t23-,28+/m1/s1. The van der Waals surface area contributed by atoms with Crippen molar-refractivity contribution < 1.29 is 19.1 Å².